The molecule has 0 saturated carbocycles. The van der Waals surface area contributed by atoms with Crippen molar-refractivity contribution in [3.05, 3.63) is 52.4 Å². The first-order chi connectivity index (χ1) is 11.5. The van der Waals surface area contributed by atoms with E-state index in [0.29, 0.717) is 11.5 Å². The van der Waals surface area contributed by atoms with Gasteiger partial charge < -0.3 is 25.1 Å². The highest BCUT2D eigenvalue weighted by Gasteiger charge is 2.15. The Bertz CT molecular complexity index is 800. The van der Waals surface area contributed by atoms with Gasteiger partial charge in [0.05, 0.1) is 14.2 Å². The number of ether oxygens (including phenoxy) is 2. The molecule has 0 aliphatic heterocycles. The third-order valence-corrected chi connectivity index (χ3v) is 3.18. The maximum atomic E-state index is 11.8. The topological polar surface area (TPSA) is 110 Å². The number of hydrogen-bond donors (Lipinski definition) is 3. The summed E-state index contributed by atoms with van der Waals surface area (Å²) in [6, 6.07) is 6.38. The Labute approximate surface area is 137 Å². The van der Waals surface area contributed by atoms with Crippen LogP contribution in [-0.2, 0) is 16.1 Å². The van der Waals surface area contributed by atoms with Crippen molar-refractivity contribution >= 4 is 17.5 Å². The average Bonchev–Trinajstić information content (AvgIpc) is 2.61. The van der Waals surface area contributed by atoms with Crippen molar-refractivity contribution in [2.75, 3.05) is 19.5 Å². The number of anilines is 1. The summed E-state index contributed by atoms with van der Waals surface area (Å²) < 4.78 is 10.3. The van der Waals surface area contributed by atoms with Crippen LogP contribution in [0.15, 0.2) is 41.5 Å². The lowest BCUT2D eigenvalue weighted by molar-refractivity contribution is -0.136. The molecular formula is C16H17N3O5. The van der Waals surface area contributed by atoms with Gasteiger partial charge in [-0.2, -0.15) is 0 Å². The second-order valence-electron chi connectivity index (χ2n) is 4.75. The summed E-state index contributed by atoms with van der Waals surface area (Å²) in [5, 5.41) is 4.72. The largest absolute Gasteiger partial charge is 0.493 e. The summed E-state index contributed by atoms with van der Waals surface area (Å²) in [6.07, 6.45) is 2.73. The van der Waals surface area contributed by atoms with Crippen LogP contribution in [0.4, 0.5) is 5.69 Å². The first kappa shape index (κ1) is 17.1. The number of aromatic amines is 1. The van der Waals surface area contributed by atoms with Crippen molar-refractivity contribution in [1.82, 2.24) is 10.3 Å². The Kier molecular flexibility index (Phi) is 5.56. The van der Waals surface area contributed by atoms with E-state index in [4.69, 9.17) is 9.47 Å². The summed E-state index contributed by atoms with van der Waals surface area (Å²) >= 11 is 0. The fourth-order valence-electron chi connectivity index (χ4n) is 1.95. The van der Waals surface area contributed by atoms with Crippen molar-refractivity contribution in [3.63, 3.8) is 0 Å². The number of pyridine rings is 1. The van der Waals surface area contributed by atoms with Crippen molar-refractivity contribution < 1.29 is 19.1 Å². The lowest BCUT2D eigenvalue weighted by atomic mass is 10.2. The predicted molar refractivity (Wildman–Crippen MR) is 87.1 cm³/mol. The molecule has 0 aliphatic rings. The molecule has 0 aliphatic carbocycles. The zero-order valence-electron chi connectivity index (χ0n) is 13.2. The van der Waals surface area contributed by atoms with E-state index in [-0.39, 0.29) is 12.2 Å². The maximum Gasteiger partial charge on any atom is 0.313 e. The quantitative estimate of drug-likeness (QED) is 0.697. The number of benzene rings is 1. The summed E-state index contributed by atoms with van der Waals surface area (Å²) in [5.74, 6) is -0.696. The van der Waals surface area contributed by atoms with E-state index in [2.05, 4.69) is 15.6 Å². The van der Waals surface area contributed by atoms with Crippen LogP contribution < -0.4 is 25.5 Å². The van der Waals surface area contributed by atoms with Crippen LogP contribution in [0.2, 0.25) is 0 Å². The second-order valence-corrected chi connectivity index (χ2v) is 4.75. The fourth-order valence-corrected chi connectivity index (χ4v) is 1.95. The van der Waals surface area contributed by atoms with Crippen LogP contribution in [0.5, 0.6) is 11.5 Å². The van der Waals surface area contributed by atoms with E-state index in [1.54, 1.807) is 18.2 Å². The number of hydrogen-bond acceptors (Lipinski definition) is 5. The Hall–Kier alpha value is -3.29. The van der Waals surface area contributed by atoms with E-state index in [0.717, 1.165) is 5.56 Å². The fraction of sp³-hybridized carbons (Fsp3) is 0.188. The minimum atomic E-state index is -0.924. The number of nitrogens with one attached hydrogen (secondary N) is 3. The van der Waals surface area contributed by atoms with Gasteiger partial charge in [0.1, 0.15) is 5.69 Å². The summed E-state index contributed by atoms with van der Waals surface area (Å²) in [7, 11) is 3.03. The Morgan fingerprint density at radius 2 is 1.83 bits per heavy atom. The van der Waals surface area contributed by atoms with E-state index in [1.807, 2.05) is 0 Å². The van der Waals surface area contributed by atoms with Gasteiger partial charge in [-0.15, -0.1) is 0 Å². The lowest BCUT2D eigenvalue weighted by Crippen LogP contribution is -2.36. The molecule has 0 unspecified atom stereocenters. The van der Waals surface area contributed by atoms with Crippen LogP contribution in [-0.4, -0.2) is 31.0 Å². The smallest absolute Gasteiger partial charge is 0.313 e. The van der Waals surface area contributed by atoms with Crippen LogP contribution in [0.3, 0.4) is 0 Å². The van der Waals surface area contributed by atoms with Gasteiger partial charge in [-0.3, -0.25) is 14.4 Å². The van der Waals surface area contributed by atoms with Gasteiger partial charge in [-0.25, -0.2) is 0 Å². The van der Waals surface area contributed by atoms with Gasteiger partial charge in [0.2, 0.25) is 5.43 Å². The summed E-state index contributed by atoms with van der Waals surface area (Å²) in [5.41, 5.74) is 0.338. The molecule has 0 spiro atoms. The standard InChI is InChI=1S/C16H17N3O5/c1-23-13-4-3-10(7-14(13)24-2)8-18-15(21)16(22)19-11-9-17-6-5-12(11)20/h3-7,9H,8H2,1-2H3,(H,17,20)(H,18,21)(H,19,22). The highest BCUT2D eigenvalue weighted by atomic mass is 16.5. The van der Waals surface area contributed by atoms with Gasteiger partial charge in [0.25, 0.3) is 0 Å². The number of H-pyrrole nitrogens is 1. The summed E-state index contributed by atoms with van der Waals surface area (Å²) in [4.78, 5) is 37.8. The monoisotopic (exact) mass is 331 g/mol. The molecule has 0 radical (unpaired) electrons. The number of methoxy groups -OCH3 is 2. The average molecular weight is 331 g/mol. The highest BCUT2D eigenvalue weighted by Crippen LogP contribution is 2.27. The Morgan fingerprint density at radius 3 is 2.50 bits per heavy atom. The van der Waals surface area contributed by atoms with Crippen molar-refractivity contribution in [1.29, 1.82) is 0 Å². The molecule has 2 rings (SSSR count). The number of carbonyl (C=O) groups excluding carboxylic acids is 2. The maximum absolute atomic E-state index is 11.8. The molecule has 8 nitrogen and oxygen atoms in total. The molecule has 126 valence electrons. The Morgan fingerprint density at radius 1 is 1.08 bits per heavy atom. The van der Waals surface area contributed by atoms with Crippen molar-refractivity contribution in [2.24, 2.45) is 0 Å². The summed E-state index contributed by atoms with van der Waals surface area (Å²) in [6.45, 7) is 0.123. The SMILES string of the molecule is COc1ccc(CNC(=O)C(=O)Nc2c[nH]ccc2=O)cc1OC. The van der Waals surface area contributed by atoms with E-state index < -0.39 is 17.2 Å². The second kappa shape index (κ2) is 7.82. The predicted octanol–water partition coefficient (Wildman–Crippen LogP) is 0.647. The molecule has 0 atom stereocenters. The molecule has 24 heavy (non-hydrogen) atoms. The molecule has 1 aromatic carbocycles. The van der Waals surface area contributed by atoms with Crippen molar-refractivity contribution in [2.45, 2.75) is 6.54 Å². The Balaban J connectivity index is 1.96. The van der Waals surface area contributed by atoms with Crippen LogP contribution in [0, 0.1) is 0 Å². The van der Waals surface area contributed by atoms with Gasteiger partial charge >= 0.3 is 11.8 Å². The first-order valence-electron chi connectivity index (χ1n) is 7.02. The van der Waals surface area contributed by atoms with Gasteiger partial charge in [-0.05, 0) is 17.7 Å². The van der Waals surface area contributed by atoms with Crippen LogP contribution in [0.25, 0.3) is 0 Å². The minimum absolute atomic E-state index is 0.00349. The molecule has 2 amide bonds. The molecule has 0 bridgehead atoms. The zero-order chi connectivity index (χ0) is 17.5. The van der Waals surface area contributed by atoms with E-state index in [9.17, 15) is 14.4 Å². The lowest BCUT2D eigenvalue weighted by Gasteiger charge is -2.10. The molecule has 0 fully saturated rings. The zero-order valence-corrected chi connectivity index (χ0v) is 13.2. The van der Waals surface area contributed by atoms with E-state index in [1.165, 1.54) is 32.7 Å². The highest BCUT2D eigenvalue weighted by molar-refractivity contribution is 6.39. The third kappa shape index (κ3) is 4.13. The first-order valence-corrected chi connectivity index (χ1v) is 7.02. The normalized spacial score (nSPS) is 9.92. The third-order valence-electron chi connectivity index (χ3n) is 3.18. The van der Waals surface area contributed by atoms with Crippen LogP contribution >= 0.6 is 0 Å². The van der Waals surface area contributed by atoms with E-state index >= 15 is 0 Å². The molecule has 8 heteroatoms. The van der Waals surface area contributed by atoms with Gasteiger partial charge in [-0.1, -0.05) is 6.07 Å². The molecule has 3 N–H and O–H groups in total. The minimum Gasteiger partial charge on any atom is -0.493 e. The number of carbonyl (C=O) groups is 2. The van der Waals surface area contributed by atoms with Crippen LogP contribution in [0.1, 0.15) is 5.56 Å². The molecule has 1 aromatic heterocycles. The molecule has 2 aromatic rings. The number of amides is 2. The van der Waals surface area contributed by atoms with Crippen molar-refractivity contribution in [3.8, 4) is 11.5 Å². The van der Waals surface area contributed by atoms with Gasteiger partial charge in [0, 0.05) is 25.0 Å². The number of rotatable bonds is 5. The molecular weight excluding hydrogens is 314 g/mol. The molecule has 1 heterocycles. The number of aromatic nitrogens is 1. The molecule has 0 saturated heterocycles. The van der Waals surface area contributed by atoms with Gasteiger partial charge in [0.15, 0.2) is 11.5 Å².